The monoisotopic (exact) mass is 320 g/mol. The number of hydrogen-bond donors (Lipinski definition) is 1. The van der Waals surface area contributed by atoms with Gasteiger partial charge in [-0.05, 0) is 81.6 Å². The Hall–Kier alpha value is -2.55. The van der Waals surface area contributed by atoms with Crippen LogP contribution < -0.4 is 5.32 Å². The third-order valence-electron chi connectivity index (χ3n) is 4.98. The highest BCUT2D eigenvalue weighted by atomic mass is 16.1. The zero-order valence-corrected chi connectivity index (χ0v) is 15.0. The minimum atomic E-state index is -0.0681. The van der Waals surface area contributed by atoms with E-state index >= 15 is 0 Å². The second-order valence-electron chi connectivity index (χ2n) is 6.44. The van der Waals surface area contributed by atoms with E-state index < -0.39 is 0 Å². The predicted molar refractivity (Wildman–Crippen MR) is 101 cm³/mol. The number of rotatable bonds is 3. The third kappa shape index (κ3) is 2.71. The van der Waals surface area contributed by atoms with Crippen molar-refractivity contribution in [3.05, 3.63) is 64.3 Å². The van der Waals surface area contributed by atoms with Gasteiger partial charge in [0.2, 0.25) is 0 Å². The number of fused-ring (bicyclic) bond motifs is 1. The molecule has 0 fully saturated rings. The maximum Gasteiger partial charge on any atom is 0.255 e. The Bertz CT molecular complexity index is 935. The third-order valence-corrected chi connectivity index (χ3v) is 4.98. The fourth-order valence-corrected chi connectivity index (χ4v) is 3.22. The summed E-state index contributed by atoms with van der Waals surface area (Å²) in [5.41, 5.74) is 7.62. The van der Waals surface area contributed by atoms with E-state index in [1.165, 1.54) is 27.9 Å². The van der Waals surface area contributed by atoms with E-state index in [9.17, 15) is 4.79 Å². The molecule has 0 unspecified atom stereocenters. The van der Waals surface area contributed by atoms with Gasteiger partial charge in [-0.2, -0.15) is 0 Å². The molecule has 124 valence electrons. The number of hydrogen-bond acceptors (Lipinski definition) is 1. The van der Waals surface area contributed by atoms with Crippen LogP contribution in [0.5, 0.6) is 0 Å². The molecule has 0 aliphatic rings. The summed E-state index contributed by atoms with van der Waals surface area (Å²) in [7, 11) is 0. The molecule has 0 atom stereocenters. The first-order chi connectivity index (χ1) is 11.4. The van der Waals surface area contributed by atoms with Crippen molar-refractivity contribution >= 4 is 22.5 Å². The fourth-order valence-electron chi connectivity index (χ4n) is 3.22. The Morgan fingerprint density at radius 3 is 2.42 bits per heavy atom. The number of amides is 1. The summed E-state index contributed by atoms with van der Waals surface area (Å²) in [6, 6.07) is 11.9. The van der Waals surface area contributed by atoms with Crippen LogP contribution in [0.3, 0.4) is 0 Å². The first-order valence-electron chi connectivity index (χ1n) is 8.40. The number of nitrogens with one attached hydrogen (secondary N) is 1. The Kier molecular flexibility index (Phi) is 4.18. The van der Waals surface area contributed by atoms with E-state index in [0.717, 1.165) is 17.6 Å². The molecule has 0 bridgehead atoms. The van der Waals surface area contributed by atoms with Gasteiger partial charge in [-0.25, -0.2) is 0 Å². The predicted octanol–water partition coefficient (Wildman–Crippen LogP) is 5.15. The zero-order valence-electron chi connectivity index (χ0n) is 15.0. The summed E-state index contributed by atoms with van der Waals surface area (Å²) in [5, 5.41) is 4.15. The van der Waals surface area contributed by atoms with Crippen LogP contribution in [0, 0.1) is 27.7 Å². The average molecular weight is 320 g/mol. The molecule has 3 heteroatoms. The SMILES string of the molecule is CCn1c(C)c(C)c2cc(C(=O)Nc3ccc(C)c(C)c3)ccc21. The van der Waals surface area contributed by atoms with Gasteiger partial charge in [-0.1, -0.05) is 6.07 Å². The van der Waals surface area contributed by atoms with Crippen molar-refractivity contribution in [2.24, 2.45) is 0 Å². The number of carbonyl (C=O) groups is 1. The number of aryl methyl sites for hydroxylation is 4. The van der Waals surface area contributed by atoms with Crippen molar-refractivity contribution in [2.45, 2.75) is 41.2 Å². The lowest BCUT2D eigenvalue weighted by molar-refractivity contribution is 0.102. The highest BCUT2D eigenvalue weighted by Crippen LogP contribution is 2.26. The maximum absolute atomic E-state index is 12.6. The Morgan fingerprint density at radius 1 is 1.00 bits per heavy atom. The summed E-state index contributed by atoms with van der Waals surface area (Å²) < 4.78 is 2.29. The van der Waals surface area contributed by atoms with E-state index in [0.29, 0.717) is 5.56 Å². The standard InChI is InChI=1S/C21H24N2O/c1-6-23-16(5)15(4)19-12-17(8-10-20(19)23)21(24)22-18-9-7-13(2)14(3)11-18/h7-12H,6H2,1-5H3,(H,22,24). The van der Waals surface area contributed by atoms with E-state index in [4.69, 9.17) is 0 Å². The second-order valence-corrected chi connectivity index (χ2v) is 6.44. The smallest absolute Gasteiger partial charge is 0.255 e. The number of benzene rings is 2. The quantitative estimate of drug-likeness (QED) is 0.711. The van der Waals surface area contributed by atoms with Crippen molar-refractivity contribution in [3.63, 3.8) is 0 Å². The van der Waals surface area contributed by atoms with Crippen molar-refractivity contribution < 1.29 is 4.79 Å². The fraction of sp³-hybridized carbons (Fsp3) is 0.286. The van der Waals surface area contributed by atoms with Crippen LogP contribution in [0.15, 0.2) is 36.4 Å². The highest BCUT2D eigenvalue weighted by molar-refractivity contribution is 6.06. The van der Waals surface area contributed by atoms with Gasteiger partial charge in [0.05, 0.1) is 0 Å². The van der Waals surface area contributed by atoms with Crippen LogP contribution in [0.1, 0.15) is 39.7 Å². The Balaban J connectivity index is 1.95. The lowest BCUT2D eigenvalue weighted by atomic mass is 10.1. The van der Waals surface area contributed by atoms with Crippen LogP contribution in [0.2, 0.25) is 0 Å². The molecule has 0 spiro atoms. The molecular weight excluding hydrogens is 296 g/mol. The molecule has 3 nitrogen and oxygen atoms in total. The molecule has 0 aliphatic heterocycles. The van der Waals surface area contributed by atoms with Crippen LogP contribution in [0.4, 0.5) is 5.69 Å². The van der Waals surface area contributed by atoms with Crippen LogP contribution in [0.25, 0.3) is 10.9 Å². The van der Waals surface area contributed by atoms with Crippen molar-refractivity contribution in [1.82, 2.24) is 4.57 Å². The lowest BCUT2D eigenvalue weighted by Gasteiger charge is -2.08. The van der Waals surface area contributed by atoms with Crippen molar-refractivity contribution in [2.75, 3.05) is 5.32 Å². The van der Waals surface area contributed by atoms with Crippen LogP contribution in [-0.4, -0.2) is 10.5 Å². The summed E-state index contributed by atoms with van der Waals surface area (Å²) in [5.74, 6) is -0.0681. The molecule has 3 aromatic rings. The first-order valence-corrected chi connectivity index (χ1v) is 8.40. The van der Waals surface area contributed by atoms with Gasteiger partial charge in [-0.15, -0.1) is 0 Å². The molecule has 1 aromatic heterocycles. The van der Waals surface area contributed by atoms with E-state index in [1.807, 2.05) is 36.4 Å². The topological polar surface area (TPSA) is 34.0 Å². The molecule has 0 saturated heterocycles. The van der Waals surface area contributed by atoms with Gasteiger partial charge in [-0.3, -0.25) is 4.79 Å². The number of carbonyl (C=O) groups excluding carboxylic acids is 1. The molecule has 0 saturated carbocycles. The maximum atomic E-state index is 12.6. The normalized spacial score (nSPS) is 11.0. The van der Waals surface area contributed by atoms with Crippen molar-refractivity contribution in [1.29, 1.82) is 0 Å². The molecule has 1 amide bonds. The Labute approximate surface area is 143 Å². The highest BCUT2D eigenvalue weighted by Gasteiger charge is 2.13. The summed E-state index contributed by atoms with van der Waals surface area (Å²) in [6.07, 6.45) is 0. The Morgan fingerprint density at radius 2 is 1.75 bits per heavy atom. The number of anilines is 1. The zero-order chi connectivity index (χ0) is 17.4. The van der Waals surface area contributed by atoms with Gasteiger partial charge in [0.25, 0.3) is 5.91 Å². The molecule has 24 heavy (non-hydrogen) atoms. The van der Waals surface area contributed by atoms with Crippen molar-refractivity contribution in [3.8, 4) is 0 Å². The van der Waals surface area contributed by atoms with Gasteiger partial charge in [0.1, 0.15) is 0 Å². The molecule has 0 aliphatic carbocycles. The molecule has 2 aromatic carbocycles. The van der Waals surface area contributed by atoms with E-state index in [-0.39, 0.29) is 5.91 Å². The molecule has 0 radical (unpaired) electrons. The van der Waals surface area contributed by atoms with Gasteiger partial charge < -0.3 is 9.88 Å². The van der Waals surface area contributed by atoms with E-state index in [1.54, 1.807) is 0 Å². The summed E-state index contributed by atoms with van der Waals surface area (Å²) in [6.45, 7) is 11.5. The molecule has 3 rings (SSSR count). The van der Waals surface area contributed by atoms with Gasteiger partial charge in [0.15, 0.2) is 0 Å². The number of nitrogens with zero attached hydrogens (tertiary/aromatic N) is 1. The second kappa shape index (κ2) is 6.16. The summed E-state index contributed by atoms with van der Waals surface area (Å²) in [4.78, 5) is 12.6. The van der Waals surface area contributed by atoms with E-state index in [2.05, 4.69) is 44.5 Å². The summed E-state index contributed by atoms with van der Waals surface area (Å²) >= 11 is 0. The van der Waals surface area contributed by atoms with Gasteiger partial charge in [0, 0.05) is 34.4 Å². The molecule has 1 heterocycles. The molecular formula is C21H24N2O. The van der Waals surface area contributed by atoms with Crippen LogP contribution >= 0.6 is 0 Å². The largest absolute Gasteiger partial charge is 0.345 e. The lowest BCUT2D eigenvalue weighted by Crippen LogP contribution is -2.12. The van der Waals surface area contributed by atoms with Crippen LogP contribution in [-0.2, 0) is 6.54 Å². The average Bonchev–Trinajstić information content (AvgIpc) is 2.81. The van der Waals surface area contributed by atoms with Gasteiger partial charge >= 0.3 is 0 Å². The molecule has 1 N–H and O–H groups in total. The minimum absolute atomic E-state index is 0.0681. The minimum Gasteiger partial charge on any atom is -0.345 e. The number of aromatic nitrogens is 1. The first kappa shape index (κ1) is 16.3.